The summed E-state index contributed by atoms with van der Waals surface area (Å²) in [6.07, 6.45) is -4.90. The lowest BCUT2D eigenvalue weighted by molar-refractivity contribution is -0.276. The fourth-order valence-corrected chi connectivity index (χ4v) is 1.17. The number of alkyl halides is 3. The number of carboxylic acids is 1. The summed E-state index contributed by atoms with van der Waals surface area (Å²) in [7, 11) is 0. The van der Waals surface area contributed by atoms with Crippen LogP contribution in [-0.4, -0.2) is 22.4 Å². The Kier molecular flexibility index (Phi) is 3.18. The molecule has 0 fully saturated rings. The van der Waals surface area contributed by atoms with Crippen LogP contribution < -0.4 is 4.74 Å². The molecule has 0 amide bonds. The standard InChI is InChI=1S/C7H3BrF3NO3/c8-3-1-4(6(13)14)12-5(2-3)15-7(9,10)11/h1-2H,(H,13,14). The number of nitrogens with zero attached hydrogens (tertiary/aromatic N) is 1. The van der Waals surface area contributed by atoms with Crippen LogP contribution in [0.15, 0.2) is 16.6 Å². The number of carbonyl (C=O) groups is 1. The summed E-state index contributed by atoms with van der Waals surface area (Å²) in [5, 5.41) is 8.51. The maximum Gasteiger partial charge on any atom is 0.574 e. The van der Waals surface area contributed by atoms with Crippen LogP contribution in [0, 0.1) is 0 Å². The molecule has 1 rings (SSSR count). The number of aromatic nitrogens is 1. The number of carboxylic acid groups (broad SMARTS) is 1. The molecular formula is C7H3BrF3NO3. The molecule has 1 N–H and O–H groups in total. The monoisotopic (exact) mass is 285 g/mol. The van der Waals surface area contributed by atoms with E-state index in [9.17, 15) is 18.0 Å². The van der Waals surface area contributed by atoms with Crippen molar-refractivity contribution in [3.63, 3.8) is 0 Å². The van der Waals surface area contributed by atoms with Crippen LogP contribution in [0.4, 0.5) is 13.2 Å². The third kappa shape index (κ3) is 3.74. The quantitative estimate of drug-likeness (QED) is 0.907. The van der Waals surface area contributed by atoms with Gasteiger partial charge in [0.05, 0.1) is 0 Å². The van der Waals surface area contributed by atoms with Crippen LogP contribution in [0.3, 0.4) is 0 Å². The highest BCUT2D eigenvalue weighted by atomic mass is 79.9. The summed E-state index contributed by atoms with van der Waals surface area (Å²) >= 11 is 2.84. The van der Waals surface area contributed by atoms with E-state index in [-0.39, 0.29) is 4.47 Å². The molecule has 8 heteroatoms. The zero-order valence-electron chi connectivity index (χ0n) is 6.88. The average Bonchev–Trinajstić information content (AvgIpc) is 1.99. The van der Waals surface area contributed by atoms with E-state index in [0.29, 0.717) is 0 Å². The van der Waals surface area contributed by atoms with Crippen LogP contribution >= 0.6 is 15.9 Å². The molecule has 0 aliphatic rings. The molecule has 0 spiro atoms. The van der Waals surface area contributed by atoms with Gasteiger partial charge in [-0.25, -0.2) is 9.78 Å². The molecule has 0 aromatic carbocycles. The van der Waals surface area contributed by atoms with Crippen LogP contribution in [0.25, 0.3) is 0 Å². The van der Waals surface area contributed by atoms with Gasteiger partial charge in [0.15, 0.2) is 5.69 Å². The summed E-state index contributed by atoms with van der Waals surface area (Å²) in [6.45, 7) is 0. The minimum Gasteiger partial charge on any atom is -0.477 e. The Morgan fingerprint density at radius 1 is 1.47 bits per heavy atom. The molecule has 0 aliphatic carbocycles. The second-order valence-corrected chi connectivity index (χ2v) is 3.28. The highest BCUT2D eigenvalue weighted by Crippen LogP contribution is 2.24. The lowest BCUT2D eigenvalue weighted by Crippen LogP contribution is -2.18. The van der Waals surface area contributed by atoms with Gasteiger partial charge in [-0.3, -0.25) is 0 Å². The highest BCUT2D eigenvalue weighted by molar-refractivity contribution is 9.10. The van der Waals surface area contributed by atoms with Gasteiger partial charge in [0.25, 0.3) is 0 Å². The predicted molar refractivity (Wildman–Crippen MR) is 45.6 cm³/mol. The number of rotatable bonds is 2. The summed E-state index contributed by atoms with van der Waals surface area (Å²) in [4.78, 5) is 13.6. The second-order valence-electron chi connectivity index (χ2n) is 2.36. The summed E-state index contributed by atoms with van der Waals surface area (Å²) in [5.74, 6) is -2.27. The maximum atomic E-state index is 11.8. The third-order valence-corrected chi connectivity index (χ3v) is 1.66. The van der Waals surface area contributed by atoms with E-state index in [1.165, 1.54) is 0 Å². The molecule has 0 atom stereocenters. The van der Waals surface area contributed by atoms with E-state index in [1.54, 1.807) is 0 Å². The van der Waals surface area contributed by atoms with Crippen LogP contribution in [-0.2, 0) is 0 Å². The van der Waals surface area contributed by atoms with Crippen molar-refractivity contribution in [2.75, 3.05) is 0 Å². The van der Waals surface area contributed by atoms with Crippen molar-refractivity contribution in [3.05, 3.63) is 22.3 Å². The largest absolute Gasteiger partial charge is 0.574 e. The first-order chi connectivity index (χ1) is 6.78. The smallest absolute Gasteiger partial charge is 0.477 e. The van der Waals surface area contributed by atoms with Gasteiger partial charge in [0.1, 0.15) is 0 Å². The number of hydrogen-bond acceptors (Lipinski definition) is 3. The lowest BCUT2D eigenvalue weighted by atomic mass is 10.3. The van der Waals surface area contributed by atoms with Crippen molar-refractivity contribution in [2.24, 2.45) is 0 Å². The Morgan fingerprint density at radius 2 is 2.07 bits per heavy atom. The molecule has 1 aromatic heterocycles. The maximum absolute atomic E-state index is 11.8. The van der Waals surface area contributed by atoms with Crippen LogP contribution in [0.1, 0.15) is 10.5 Å². The fraction of sp³-hybridized carbons (Fsp3) is 0.143. The second kappa shape index (κ2) is 4.05. The average molecular weight is 286 g/mol. The van der Waals surface area contributed by atoms with Crippen LogP contribution in [0.5, 0.6) is 5.88 Å². The first kappa shape index (κ1) is 11.8. The Labute approximate surface area is 89.8 Å². The van der Waals surface area contributed by atoms with Gasteiger partial charge >= 0.3 is 12.3 Å². The molecular weight excluding hydrogens is 283 g/mol. The Morgan fingerprint density at radius 3 is 2.53 bits per heavy atom. The van der Waals surface area contributed by atoms with Crippen LogP contribution in [0.2, 0.25) is 0 Å². The van der Waals surface area contributed by atoms with Gasteiger partial charge < -0.3 is 9.84 Å². The van der Waals surface area contributed by atoms with Gasteiger partial charge in [-0.2, -0.15) is 0 Å². The fourth-order valence-electron chi connectivity index (χ4n) is 0.754. The topological polar surface area (TPSA) is 59.4 Å². The number of hydrogen-bond donors (Lipinski definition) is 1. The normalized spacial score (nSPS) is 11.2. The van der Waals surface area contributed by atoms with E-state index in [1.807, 2.05) is 0 Å². The first-order valence-corrected chi connectivity index (χ1v) is 4.24. The van der Waals surface area contributed by atoms with Crippen molar-refractivity contribution in [2.45, 2.75) is 6.36 Å². The van der Waals surface area contributed by atoms with Crippen molar-refractivity contribution < 1.29 is 27.8 Å². The van der Waals surface area contributed by atoms with Crippen molar-refractivity contribution in [1.82, 2.24) is 4.98 Å². The van der Waals surface area contributed by atoms with Crippen molar-refractivity contribution in [3.8, 4) is 5.88 Å². The SMILES string of the molecule is O=C(O)c1cc(Br)cc(OC(F)(F)F)n1. The van der Waals surface area contributed by atoms with Gasteiger partial charge in [0.2, 0.25) is 5.88 Å². The molecule has 0 radical (unpaired) electrons. The summed E-state index contributed by atoms with van der Waals surface area (Å²) in [6, 6.07) is 1.98. The van der Waals surface area contributed by atoms with Gasteiger partial charge in [-0.1, -0.05) is 15.9 Å². The molecule has 0 unspecified atom stereocenters. The van der Waals surface area contributed by atoms with Crippen molar-refractivity contribution >= 4 is 21.9 Å². The van der Waals surface area contributed by atoms with E-state index in [0.717, 1.165) is 12.1 Å². The Hall–Kier alpha value is -1.31. The molecule has 0 saturated heterocycles. The van der Waals surface area contributed by atoms with Gasteiger partial charge in [-0.05, 0) is 6.07 Å². The summed E-state index contributed by atoms with van der Waals surface area (Å²) in [5.41, 5.74) is -0.538. The van der Waals surface area contributed by atoms with Gasteiger partial charge in [-0.15, -0.1) is 13.2 Å². The zero-order valence-corrected chi connectivity index (χ0v) is 8.46. The number of halogens is 4. The van der Waals surface area contributed by atoms with E-state index in [2.05, 4.69) is 25.7 Å². The van der Waals surface area contributed by atoms with Gasteiger partial charge in [0, 0.05) is 10.5 Å². The van der Waals surface area contributed by atoms with Crippen molar-refractivity contribution in [1.29, 1.82) is 0 Å². The molecule has 15 heavy (non-hydrogen) atoms. The Bertz CT molecular complexity index is 394. The first-order valence-electron chi connectivity index (χ1n) is 3.44. The zero-order chi connectivity index (χ0) is 11.6. The molecule has 0 aliphatic heterocycles. The molecule has 0 bridgehead atoms. The number of pyridine rings is 1. The molecule has 1 aromatic rings. The van der Waals surface area contributed by atoms with E-state index < -0.39 is 23.9 Å². The summed E-state index contributed by atoms with van der Waals surface area (Å²) < 4.78 is 38.9. The molecule has 82 valence electrons. The third-order valence-electron chi connectivity index (χ3n) is 1.21. The minimum atomic E-state index is -4.90. The molecule has 0 saturated carbocycles. The molecule has 1 heterocycles. The highest BCUT2D eigenvalue weighted by Gasteiger charge is 2.32. The van der Waals surface area contributed by atoms with E-state index >= 15 is 0 Å². The molecule has 4 nitrogen and oxygen atoms in total. The lowest BCUT2D eigenvalue weighted by Gasteiger charge is -2.08. The predicted octanol–water partition coefficient (Wildman–Crippen LogP) is 2.44. The van der Waals surface area contributed by atoms with E-state index in [4.69, 9.17) is 5.11 Å². The number of aromatic carboxylic acids is 1. The number of ether oxygens (including phenoxy) is 1. The Balaban J connectivity index is 3.04. The minimum absolute atomic E-state index is 0.133.